The molecule has 5 nitrogen and oxygen atoms in total. The second kappa shape index (κ2) is 10.9. The summed E-state index contributed by atoms with van der Waals surface area (Å²) in [5.41, 5.74) is 5.34. The highest BCUT2D eigenvalue weighted by atomic mass is 35.5. The fourth-order valence-electron chi connectivity index (χ4n) is 3.49. The van der Waals surface area contributed by atoms with Crippen molar-refractivity contribution in [3.8, 4) is 0 Å². The Bertz CT molecular complexity index is 834. The maximum Gasteiger partial charge on any atom is 0.188 e. The van der Waals surface area contributed by atoms with E-state index in [1.165, 1.54) is 29.7 Å². The molecule has 0 atom stereocenters. The largest absolute Gasteiger partial charge is 0.387 e. The highest BCUT2D eigenvalue weighted by Gasteiger charge is 2.15. The lowest BCUT2D eigenvalue weighted by molar-refractivity contribution is 0.255. The van der Waals surface area contributed by atoms with Gasteiger partial charge in [-0.05, 0) is 43.0 Å². The molecule has 0 fully saturated rings. The Labute approximate surface area is 183 Å². The molecule has 2 aliphatic rings. The first-order valence-corrected chi connectivity index (χ1v) is 10.2. The molecule has 0 bridgehead atoms. The van der Waals surface area contributed by atoms with E-state index in [4.69, 9.17) is 0 Å². The van der Waals surface area contributed by atoms with Crippen LogP contribution in [0.15, 0.2) is 47.3 Å². The van der Waals surface area contributed by atoms with Crippen molar-refractivity contribution in [3.05, 3.63) is 59.1 Å². The van der Waals surface area contributed by atoms with Crippen LogP contribution in [-0.2, 0) is 13.0 Å². The number of thioether (sulfide) groups is 1. The van der Waals surface area contributed by atoms with Crippen molar-refractivity contribution in [2.45, 2.75) is 31.5 Å². The van der Waals surface area contributed by atoms with Gasteiger partial charge in [0.05, 0.1) is 0 Å². The normalized spacial score (nSPS) is 16.0. The van der Waals surface area contributed by atoms with Crippen LogP contribution in [-0.4, -0.2) is 45.5 Å². The lowest BCUT2D eigenvalue weighted by Gasteiger charge is -2.28. The van der Waals surface area contributed by atoms with Crippen LogP contribution >= 0.6 is 36.6 Å². The molecule has 2 aliphatic heterocycles. The molecule has 4 rings (SSSR count). The van der Waals surface area contributed by atoms with Crippen molar-refractivity contribution < 1.29 is 0 Å². The minimum atomic E-state index is 0. The van der Waals surface area contributed by atoms with Crippen LogP contribution in [0.1, 0.15) is 30.3 Å². The van der Waals surface area contributed by atoms with Crippen molar-refractivity contribution in [2.24, 2.45) is 0 Å². The van der Waals surface area contributed by atoms with Gasteiger partial charge in [0.25, 0.3) is 0 Å². The SMILES string of the molecule is CC1=CCNC=C1c1nnc(SCCCN2CCc3ccccc3C2)[nH]1.Cl.Cl. The van der Waals surface area contributed by atoms with Gasteiger partial charge in [0.2, 0.25) is 0 Å². The zero-order valence-electron chi connectivity index (χ0n) is 16.0. The number of halogens is 2. The smallest absolute Gasteiger partial charge is 0.188 e. The molecular weight excluding hydrogens is 413 g/mol. The summed E-state index contributed by atoms with van der Waals surface area (Å²) in [4.78, 5) is 5.90. The first kappa shape index (κ1) is 22.8. The maximum absolute atomic E-state index is 4.30. The molecule has 2 aromatic rings. The molecule has 0 amide bonds. The molecule has 1 aromatic carbocycles. The van der Waals surface area contributed by atoms with E-state index in [1.807, 2.05) is 6.20 Å². The van der Waals surface area contributed by atoms with Gasteiger partial charge in [-0.25, -0.2) is 0 Å². The number of H-pyrrole nitrogens is 1. The molecule has 3 heterocycles. The summed E-state index contributed by atoms with van der Waals surface area (Å²) in [5, 5.41) is 12.7. The zero-order valence-corrected chi connectivity index (χ0v) is 18.4. The summed E-state index contributed by atoms with van der Waals surface area (Å²) in [6.07, 6.45) is 6.51. The fraction of sp³-hybridized carbons (Fsp3) is 0.400. The lowest BCUT2D eigenvalue weighted by Crippen LogP contribution is -2.31. The van der Waals surface area contributed by atoms with Crippen LogP contribution in [0.25, 0.3) is 5.57 Å². The van der Waals surface area contributed by atoms with Crippen LogP contribution in [0.5, 0.6) is 0 Å². The second-order valence-corrected chi connectivity index (χ2v) is 7.91. The predicted octanol–water partition coefficient (Wildman–Crippen LogP) is 4.08. The highest BCUT2D eigenvalue weighted by Crippen LogP contribution is 2.23. The molecule has 1 aromatic heterocycles. The minimum absolute atomic E-state index is 0. The van der Waals surface area contributed by atoms with Gasteiger partial charge in [-0.15, -0.1) is 35.0 Å². The Balaban J connectivity index is 0.00000140. The van der Waals surface area contributed by atoms with Crippen molar-refractivity contribution >= 4 is 42.1 Å². The summed E-state index contributed by atoms with van der Waals surface area (Å²) in [5.74, 6) is 1.90. The third-order valence-electron chi connectivity index (χ3n) is 4.99. The van der Waals surface area contributed by atoms with E-state index in [-0.39, 0.29) is 24.8 Å². The van der Waals surface area contributed by atoms with Gasteiger partial charge in [0, 0.05) is 37.2 Å². The molecule has 0 saturated heterocycles. The lowest BCUT2D eigenvalue weighted by atomic mass is 10.00. The number of benzene rings is 1. The van der Waals surface area contributed by atoms with Crippen molar-refractivity contribution in [1.82, 2.24) is 25.4 Å². The van der Waals surface area contributed by atoms with E-state index in [0.29, 0.717) is 0 Å². The van der Waals surface area contributed by atoms with Gasteiger partial charge in [-0.1, -0.05) is 42.1 Å². The first-order chi connectivity index (χ1) is 12.8. The topological polar surface area (TPSA) is 56.8 Å². The van der Waals surface area contributed by atoms with Crippen molar-refractivity contribution in [3.63, 3.8) is 0 Å². The van der Waals surface area contributed by atoms with Gasteiger partial charge in [-0.3, -0.25) is 4.90 Å². The van der Waals surface area contributed by atoms with Crippen LogP contribution in [0, 0.1) is 0 Å². The molecule has 0 saturated carbocycles. The van der Waals surface area contributed by atoms with Gasteiger partial charge in [-0.2, -0.15) is 0 Å². The van der Waals surface area contributed by atoms with E-state index in [2.05, 4.69) is 62.7 Å². The maximum atomic E-state index is 4.30. The number of dihydropyridines is 1. The van der Waals surface area contributed by atoms with Crippen molar-refractivity contribution in [2.75, 3.05) is 25.4 Å². The number of hydrogen-bond donors (Lipinski definition) is 2. The summed E-state index contributed by atoms with van der Waals surface area (Å²) in [6, 6.07) is 8.82. The highest BCUT2D eigenvalue weighted by molar-refractivity contribution is 7.99. The Morgan fingerprint density at radius 2 is 1.96 bits per heavy atom. The number of fused-ring (bicyclic) bond motifs is 1. The quantitative estimate of drug-likeness (QED) is 0.524. The molecular formula is C20H27Cl2N5S. The standard InChI is InChI=1S/C20H25N5S.2ClH/c1-15-7-9-21-13-18(15)19-22-20(24-23-19)26-12-4-10-25-11-8-16-5-2-3-6-17(16)14-25;;/h2-3,5-7,13,21H,4,8-12,14H2,1H3,(H,22,23,24);2*1H. The van der Waals surface area contributed by atoms with E-state index in [1.54, 1.807) is 11.8 Å². The van der Waals surface area contributed by atoms with E-state index >= 15 is 0 Å². The van der Waals surface area contributed by atoms with Crippen LogP contribution in [0.2, 0.25) is 0 Å². The van der Waals surface area contributed by atoms with Gasteiger partial charge >= 0.3 is 0 Å². The number of nitrogens with one attached hydrogen (secondary N) is 2. The van der Waals surface area contributed by atoms with Gasteiger partial charge in [0.15, 0.2) is 11.0 Å². The Morgan fingerprint density at radius 1 is 1.14 bits per heavy atom. The predicted molar refractivity (Wildman–Crippen MR) is 121 cm³/mol. The molecule has 152 valence electrons. The monoisotopic (exact) mass is 439 g/mol. The second-order valence-electron chi connectivity index (χ2n) is 6.83. The Hall–Kier alpha value is -1.47. The number of aromatic nitrogens is 3. The number of nitrogens with zero attached hydrogens (tertiary/aromatic N) is 3. The third kappa shape index (κ3) is 5.54. The number of allylic oxidation sites excluding steroid dienone is 2. The van der Waals surface area contributed by atoms with E-state index in [0.717, 1.165) is 48.4 Å². The molecule has 2 N–H and O–H groups in total. The summed E-state index contributed by atoms with van der Waals surface area (Å²) in [6.45, 7) is 6.38. The molecule has 0 radical (unpaired) electrons. The van der Waals surface area contributed by atoms with Crippen LogP contribution < -0.4 is 5.32 Å². The molecule has 8 heteroatoms. The van der Waals surface area contributed by atoms with Gasteiger partial charge in [0.1, 0.15) is 0 Å². The molecule has 0 unspecified atom stereocenters. The van der Waals surface area contributed by atoms with Crippen molar-refractivity contribution in [1.29, 1.82) is 0 Å². The number of aromatic amines is 1. The minimum Gasteiger partial charge on any atom is -0.387 e. The third-order valence-corrected chi connectivity index (χ3v) is 5.94. The summed E-state index contributed by atoms with van der Waals surface area (Å²) >= 11 is 1.76. The zero-order chi connectivity index (χ0) is 17.8. The summed E-state index contributed by atoms with van der Waals surface area (Å²) in [7, 11) is 0. The fourth-order valence-corrected chi connectivity index (χ4v) is 4.22. The summed E-state index contributed by atoms with van der Waals surface area (Å²) < 4.78 is 0. The first-order valence-electron chi connectivity index (χ1n) is 9.25. The molecule has 28 heavy (non-hydrogen) atoms. The Kier molecular flexibility index (Phi) is 8.89. The Morgan fingerprint density at radius 3 is 2.79 bits per heavy atom. The van der Waals surface area contributed by atoms with Gasteiger partial charge < -0.3 is 10.3 Å². The molecule has 0 aliphatic carbocycles. The van der Waals surface area contributed by atoms with Crippen LogP contribution in [0.3, 0.4) is 0 Å². The molecule has 0 spiro atoms. The average Bonchev–Trinajstić information content (AvgIpc) is 3.14. The average molecular weight is 440 g/mol. The van der Waals surface area contributed by atoms with E-state index < -0.39 is 0 Å². The number of hydrogen-bond acceptors (Lipinski definition) is 5. The van der Waals surface area contributed by atoms with Crippen LogP contribution in [0.4, 0.5) is 0 Å². The van der Waals surface area contributed by atoms with E-state index in [9.17, 15) is 0 Å². The number of rotatable bonds is 6.